The van der Waals surface area contributed by atoms with Crippen LogP contribution in [0.25, 0.3) is 22.3 Å². The van der Waals surface area contributed by atoms with Crippen LogP contribution < -0.4 is 43.3 Å². The van der Waals surface area contributed by atoms with Gasteiger partial charge < -0.3 is 42.3 Å². The van der Waals surface area contributed by atoms with Crippen molar-refractivity contribution in [2.24, 2.45) is 0 Å². The van der Waals surface area contributed by atoms with Gasteiger partial charge in [0, 0.05) is 6.07 Å². The van der Waals surface area contributed by atoms with Crippen LogP contribution in [0.1, 0.15) is 0 Å². The van der Waals surface area contributed by atoms with Gasteiger partial charge in [-0.25, -0.2) is 0 Å². The lowest BCUT2D eigenvalue weighted by Crippen LogP contribution is -2.10. The van der Waals surface area contributed by atoms with Crippen LogP contribution in [0.5, 0.6) is 46.0 Å². The van der Waals surface area contributed by atoms with Crippen molar-refractivity contribution in [2.75, 3.05) is 56.9 Å². The van der Waals surface area contributed by atoms with Crippen LogP contribution >= 0.6 is 0 Å². The summed E-state index contributed by atoms with van der Waals surface area (Å²) >= 11 is 0. The van der Waals surface area contributed by atoms with Crippen LogP contribution in [0.2, 0.25) is 0 Å². The lowest BCUT2D eigenvalue weighted by Gasteiger charge is -2.20. The Hall–Kier alpha value is -3.95. The molecule has 0 aliphatic rings. The van der Waals surface area contributed by atoms with Gasteiger partial charge in [-0.2, -0.15) is 0 Å². The third-order valence-electron chi connectivity index (χ3n) is 5.09. The SMILES string of the molecule is COc1cc(-c2oc3c(OC)c(OC)cc(OC)c3c(=O)c2OC)c(OC)c(OC)c1OC. The summed E-state index contributed by atoms with van der Waals surface area (Å²) in [6.45, 7) is 0. The highest BCUT2D eigenvalue weighted by Crippen LogP contribution is 2.52. The lowest BCUT2D eigenvalue weighted by molar-refractivity contribution is 0.305. The fourth-order valence-corrected chi connectivity index (χ4v) is 3.64. The Morgan fingerprint density at radius 1 is 0.545 bits per heavy atom. The molecule has 3 aromatic rings. The van der Waals surface area contributed by atoms with Crippen molar-refractivity contribution in [2.45, 2.75) is 0 Å². The average Bonchev–Trinajstić information content (AvgIpc) is 2.85. The molecule has 0 fully saturated rings. The summed E-state index contributed by atoms with van der Waals surface area (Å²) in [7, 11) is 11.5. The molecule has 10 nitrogen and oxygen atoms in total. The first-order chi connectivity index (χ1) is 15.9. The Kier molecular flexibility index (Phi) is 6.95. The van der Waals surface area contributed by atoms with Gasteiger partial charge in [0.25, 0.3) is 0 Å². The van der Waals surface area contributed by atoms with E-state index in [1.54, 1.807) is 6.07 Å². The van der Waals surface area contributed by atoms with Gasteiger partial charge in [0.2, 0.25) is 28.4 Å². The zero-order chi connectivity index (χ0) is 24.3. The lowest BCUT2D eigenvalue weighted by atomic mass is 10.1. The van der Waals surface area contributed by atoms with Crippen molar-refractivity contribution in [1.82, 2.24) is 0 Å². The summed E-state index contributed by atoms with van der Waals surface area (Å²) in [6, 6.07) is 3.13. The highest BCUT2D eigenvalue weighted by molar-refractivity contribution is 5.94. The van der Waals surface area contributed by atoms with Crippen LogP contribution in [0, 0.1) is 0 Å². The van der Waals surface area contributed by atoms with E-state index in [1.165, 1.54) is 62.9 Å². The molecular weight excluding hydrogens is 436 g/mol. The van der Waals surface area contributed by atoms with Crippen LogP contribution in [0.4, 0.5) is 0 Å². The maximum absolute atomic E-state index is 13.5. The number of ether oxygens (including phenoxy) is 8. The first kappa shape index (κ1) is 23.7. The molecule has 0 bridgehead atoms. The molecule has 0 radical (unpaired) electrons. The molecule has 0 unspecified atom stereocenters. The van der Waals surface area contributed by atoms with E-state index < -0.39 is 5.43 Å². The van der Waals surface area contributed by atoms with E-state index in [0.717, 1.165) is 0 Å². The molecule has 3 rings (SSSR count). The topological polar surface area (TPSA) is 104 Å². The molecule has 1 aromatic heterocycles. The summed E-state index contributed by atoms with van der Waals surface area (Å²) in [4.78, 5) is 13.5. The Morgan fingerprint density at radius 2 is 1.06 bits per heavy atom. The fourth-order valence-electron chi connectivity index (χ4n) is 3.64. The van der Waals surface area contributed by atoms with Crippen LogP contribution in [0.3, 0.4) is 0 Å². The minimum absolute atomic E-state index is 0.0553. The minimum atomic E-state index is -0.484. The smallest absolute Gasteiger partial charge is 0.239 e. The molecule has 2 aromatic carbocycles. The van der Waals surface area contributed by atoms with Crippen molar-refractivity contribution >= 4 is 11.0 Å². The second kappa shape index (κ2) is 9.68. The van der Waals surface area contributed by atoms with Gasteiger partial charge in [-0.15, -0.1) is 0 Å². The molecule has 0 saturated heterocycles. The first-order valence-electron chi connectivity index (χ1n) is 9.67. The Morgan fingerprint density at radius 3 is 1.55 bits per heavy atom. The third-order valence-corrected chi connectivity index (χ3v) is 5.09. The highest BCUT2D eigenvalue weighted by atomic mass is 16.5. The van der Waals surface area contributed by atoms with Gasteiger partial charge in [0.15, 0.2) is 28.6 Å². The molecule has 0 amide bonds. The third kappa shape index (κ3) is 3.67. The van der Waals surface area contributed by atoms with Gasteiger partial charge in [0.1, 0.15) is 11.1 Å². The van der Waals surface area contributed by atoms with Gasteiger partial charge in [-0.1, -0.05) is 0 Å². The van der Waals surface area contributed by atoms with E-state index >= 15 is 0 Å². The second-order valence-corrected chi connectivity index (χ2v) is 6.54. The molecule has 0 N–H and O–H groups in total. The average molecular weight is 462 g/mol. The van der Waals surface area contributed by atoms with Crippen LogP contribution in [-0.4, -0.2) is 56.9 Å². The molecule has 1 heterocycles. The quantitative estimate of drug-likeness (QED) is 0.469. The number of rotatable bonds is 9. The molecule has 0 spiro atoms. The Labute approximate surface area is 190 Å². The van der Waals surface area contributed by atoms with Crippen molar-refractivity contribution in [3.05, 3.63) is 22.4 Å². The maximum atomic E-state index is 13.5. The van der Waals surface area contributed by atoms with E-state index in [1.807, 2.05) is 0 Å². The molecule has 0 aliphatic carbocycles. The van der Waals surface area contributed by atoms with Crippen molar-refractivity contribution < 1.29 is 42.3 Å². The van der Waals surface area contributed by atoms with E-state index in [-0.39, 0.29) is 45.5 Å². The summed E-state index contributed by atoms with van der Waals surface area (Å²) in [6.07, 6.45) is 0. The molecule has 0 aliphatic heterocycles. The predicted octanol–water partition coefficient (Wildman–Crippen LogP) is 3.53. The fraction of sp³-hybridized carbons (Fsp3) is 0.348. The number of hydrogen-bond acceptors (Lipinski definition) is 10. The van der Waals surface area contributed by atoms with Crippen molar-refractivity contribution in [1.29, 1.82) is 0 Å². The van der Waals surface area contributed by atoms with E-state index in [9.17, 15) is 4.79 Å². The maximum Gasteiger partial charge on any atom is 0.239 e. The van der Waals surface area contributed by atoms with Crippen molar-refractivity contribution in [3.63, 3.8) is 0 Å². The Balaban J connectivity index is 2.57. The molecule has 0 saturated carbocycles. The van der Waals surface area contributed by atoms with Gasteiger partial charge in [-0.3, -0.25) is 4.79 Å². The van der Waals surface area contributed by atoms with Crippen molar-refractivity contribution in [3.8, 4) is 57.3 Å². The summed E-state index contributed by atoms with van der Waals surface area (Å²) in [5.74, 6) is 1.85. The zero-order valence-electron chi connectivity index (χ0n) is 19.7. The van der Waals surface area contributed by atoms with E-state index in [0.29, 0.717) is 22.8 Å². The Bertz CT molecular complexity index is 1230. The molecular formula is C23H26O10. The summed E-state index contributed by atoms with van der Waals surface area (Å²) < 4.78 is 50.0. The van der Waals surface area contributed by atoms with Gasteiger partial charge in [-0.05, 0) is 6.07 Å². The van der Waals surface area contributed by atoms with Crippen LogP contribution in [-0.2, 0) is 0 Å². The second-order valence-electron chi connectivity index (χ2n) is 6.54. The highest BCUT2D eigenvalue weighted by Gasteiger charge is 2.30. The molecule has 0 atom stereocenters. The van der Waals surface area contributed by atoms with Gasteiger partial charge >= 0.3 is 0 Å². The number of hydrogen-bond donors (Lipinski definition) is 0. The number of fused-ring (bicyclic) bond motifs is 1. The normalized spacial score (nSPS) is 10.5. The van der Waals surface area contributed by atoms with Gasteiger partial charge in [0.05, 0.1) is 62.4 Å². The molecule has 178 valence electrons. The number of benzene rings is 2. The van der Waals surface area contributed by atoms with E-state index in [2.05, 4.69) is 0 Å². The van der Waals surface area contributed by atoms with Crippen LogP contribution in [0.15, 0.2) is 21.3 Å². The predicted molar refractivity (Wildman–Crippen MR) is 120 cm³/mol. The standard InChI is InChI=1S/C23H26O10/c1-25-12-10-14(27-3)19(29-5)21-15(12)16(24)22(31-7)18(33-21)11-9-13(26-2)20(30-6)23(32-8)17(11)28-4/h9-10H,1-8H3. The van der Waals surface area contributed by atoms with E-state index in [4.69, 9.17) is 42.3 Å². The number of methoxy groups -OCH3 is 8. The molecule has 33 heavy (non-hydrogen) atoms. The zero-order valence-corrected chi connectivity index (χ0v) is 19.7. The first-order valence-corrected chi connectivity index (χ1v) is 9.67. The minimum Gasteiger partial charge on any atom is -0.496 e. The monoisotopic (exact) mass is 462 g/mol. The molecule has 10 heteroatoms. The summed E-state index contributed by atoms with van der Waals surface area (Å²) in [5, 5.41) is 0.127. The summed E-state index contributed by atoms with van der Waals surface area (Å²) in [5.41, 5.74) is -0.0562. The largest absolute Gasteiger partial charge is 0.496 e.